The van der Waals surface area contributed by atoms with Crippen LogP contribution in [0, 0.1) is 0 Å². The first-order valence-electron chi connectivity index (χ1n) is 6.66. The van der Waals surface area contributed by atoms with Gasteiger partial charge in [-0.2, -0.15) is 4.98 Å². The van der Waals surface area contributed by atoms with Crippen molar-refractivity contribution < 1.29 is 4.52 Å². The Kier molecular flexibility index (Phi) is 3.21. The molecule has 0 spiro atoms. The van der Waals surface area contributed by atoms with Gasteiger partial charge in [-0.05, 0) is 23.6 Å². The van der Waals surface area contributed by atoms with Crippen LogP contribution in [-0.2, 0) is 25.9 Å². The van der Waals surface area contributed by atoms with Gasteiger partial charge in [0.05, 0.1) is 6.54 Å². The predicted octanol–water partition coefficient (Wildman–Crippen LogP) is 1.77. The van der Waals surface area contributed by atoms with Crippen molar-refractivity contribution in [1.29, 1.82) is 0 Å². The quantitative estimate of drug-likeness (QED) is 0.850. The van der Waals surface area contributed by atoms with Gasteiger partial charge in [-0.25, -0.2) is 0 Å². The molecule has 1 aromatic carbocycles. The predicted molar refractivity (Wildman–Crippen MR) is 72.3 cm³/mol. The van der Waals surface area contributed by atoms with Crippen molar-refractivity contribution in [2.45, 2.75) is 32.9 Å². The van der Waals surface area contributed by atoms with Crippen molar-refractivity contribution in [3.05, 3.63) is 41.0 Å². The van der Waals surface area contributed by atoms with Crippen LogP contribution in [-0.4, -0.2) is 21.6 Å². The Labute approximate surface area is 112 Å². The molecule has 5 heteroatoms. The van der Waals surface area contributed by atoms with E-state index in [9.17, 15) is 0 Å². The van der Waals surface area contributed by atoms with E-state index in [1.807, 2.05) is 19.1 Å². The monoisotopic (exact) mass is 258 g/mol. The van der Waals surface area contributed by atoms with Crippen LogP contribution in [0.3, 0.4) is 0 Å². The Hall–Kier alpha value is -1.88. The fourth-order valence-electron chi connectivity index (χ4n) is 2.53. The van der Waals surface area contributed by atoms with E-state index in [2.05, 4.69) is 21.1 Å². The molecule has 0 radical (unpaired) electrons. The van der Waals surface area contributed by atoms with Gasteiger partial charge in [-0.3, -0.25) is 4.90 Å². The lowest BCUT2D eigenvalue weighted by Crippen LogP contribution is -2.30. The van der Waals surface area contributed by atoms with Crippen LogP contribution in [0.1, 0.15) is 29.8 Å². The number of aromatic nitrogens is 2. The van der Waals surface area contributed by atoms with E-state index < -0.39 is 0 Å². The molecule has 2 heterocycles. The number of hydrogen-bond acceptors (Lipinski definition) is 5. The number of nitrogen functional groups attached to an aromatic ring is 1. The van der Waals surface area contributed by atoms with E-state index in [1.54, 1.807) is 0 Å². The van der Waals surface area contributed by atoms with Crippen molar-refractivity contribution >= 4 is 5.69 Å². The molecule has 0 atom stereocenters. The molecule has 2 N–H and O–H groups in total. The van der Waals surface area contributed by atoms with Crippen LogP contribution in [0.4, 0.5) is 5.69 Å². The van der Waals surface area contributed by atoms with Crippen LogP contribution >= 0.6 is 0 Å². The molecule has 2 aromatic rings. The van der Waals surface area contributed by atoms with Gasteiger partial charge in [0.2, 0.25) is 5.89 Å². The molecular formula is C14H18N4O. The standard InChI is InChI=1S/C14H18N4O/c1-2-14-16-13(17-19-14)9-18-7-6-11-10(8-18)4-3-5-12(11)15/h3-5H,2,6-9,15H2,1H3. The Bertz CT molecular complexity index is 579. The minimum absolute atomic E-state index is 0.705. The number of fused-ring (bicyclic) bond motifs is 1. The zero-order chi connectivity index (χ0) is 13.2. The van der Waals surface area contributed by atoms with E-state index in [1.165, 1.54) is 11.1 Å². The van der Waals surface area contributed by atoms with Gasteiger partial charge in [0, 0.05) is 25.2 Å². The van der Waals surface area contributed by atoms with Crippen LogP contribution in [0.15, 0.2) is 22.7 Å². The summed E-state index contributed by atoms with van der Waals surface area (Å²) < 4.78 is 5.14. The zero-order valence-electron chi connectivity index (χ0n) is 11.1. The summed E-state index contributed by atoms with van der Waals surface area (Å²) in [5, 5.41) is 4.00. The highest BCUT2D eigenvalue weighted by Crippen LogP contribution is 2.24. The van der Waals surface area contributed by atoms with Gasteiger partial charge in [0.25, 0.3) is 0 Å². The smallest absolute Gasteiger partial charge is 0.226 e. The first-order chi connectivity index (χ1) is 9.26. The lowest BCUT2D eigenvalue weighted by molar-refractivity contribution is 0.235. The Balaban J connectivity index is 1.72. The molecule has 3 rings (SSSR count). The second-order valence-corrected chi connectivity index (χ2v) is 4.90. The highest BCUT2D eigenvalue weighted by Gasteiger charge is 2.19. The number of rotatable bonds is 3. The summed E-state index contributed by atoms with van der Waals surface area (Å²) in [6.07, 6.45) is 1.77. The van der Waals surface area contributed by atoms with Gasteiger partial charge in [0.1, 0.15) is 0 Å². The molecule has 5 nitrogen and oxygen atoms in total. The minimum atomic E-state index is 0.705. The van der Waals surface area contributed by atoms with Gasteiger partial charge in [-0.15, -0.1) is 0 Å². The molecule has 1 aliphatic rings. The number of nitrogens with two attached hydrogens (primary N) is 1. The van der Waals surface area contributed by atoms with Crippen LogP contribution in [0.25, 0.3) is 0 Å². The van der Waals surface area contributed by atoms with E-state index in [-0.39, 0.29) is 0 Å². The second-order valence-electron chi connectivity index (χ2n) is 4.90. The molecule has 19 heavy (non-hydrogen) atoms. The number of anilines is 1. The SMILES string of the molecule is CCc1nc(CN2CCc3c(N)cccc3C2)no1. The first-order valence-corrected chi connectivity index (χ1v) is 6.66. The van der Waals surface area contributed by atoms with Gasteiger partial charge in [-0.1, -0.05) is 24.2 Å². The number of aryl methyl sites for hydroxylation is 1. The number of nitrogens with zero attached hydrogens (tertiary/aromatic N) is 3. The van der Waals surface area contributed by atoms with E-state index in [0.717, 1.165) is 44.0 Å². The van der Waals surface area contributed by atoms with Crippen LogP contribution in [0.5, 0.6) is 0 Å². The third-order valence-corrected chi connectivity index (χ3v) is 3.56. The highest BCUT2D eigenvalue weighted by molar-refractivity contribution is 5.51. The normalized spacial score (nSPS) is 15.4. The minimum Gasteiger partial charge on any atom is -0.398 e. The third kappa shape index (κ3) is 2.46. The summed E-state index contributed by atoms with van der Waals surface area (Å²) in [7, 11) is 0. The topological polar surface area (TPSA) is 68.2 Å². The summed E-state index contributed by atoms with van der Waals surface area (Å²) in [6.45, 7) is 4.63. The summed E-state index contributed by atoms with van der Waals surface area (Å²) >= 11 is 0. The molecular weight excluding hydrogens is 240 g/mol. The van der Waals surface area contributed by atoms with Crippen molar-refractivity contribution in [3.8, 4) is 0 Å². The Morgan fingerprint density at radius 3 is 3.11 bits per heavy atom. The van der Waals surface area contributed by atoms with Gasteiger partial charge in [0.15, 0.2) is 5.82 Å². The maximum Gasteiger partial charge on any atom is 0.226 e. The highest BCUT2D eigenvalue weighted by atomic mass is 16.5. The molecule has 0 amide bonds. The number of benzene rings is 1. The van der Waals surface area contributed by atoms with Crippen molar-refractivity contribution in [1.82, 2.24) is 15.0 Å². The van der Waals surface area contributed by atoms with Crippen molar-refractivity contribution in [2.75, 3.05) is 12.3 Å². The van der Waals surface area contributed by atoms with E-state index in [4.69, 9.17) is 10.3 Å². The Morgan fingerprint density at radius 2 is 2.32 bits per heavy atom. The van der Waals surface area contributed by atoms with Crippen LogP contribution < -0.4 is 5.73 Å². The van der Waals surface area contributed by atoms with Crippen LogP contribution in [0.2, 0.25) is 0 Å². The molecule has 1 aliphatic heterocycles. The van der Waals surface area contributed by atoms with Gasteiger partial charge >= 0.3 is 0 Å². The third-order valence-electron chi connectivity index (χ3n) is 3.56. The summed E-state index contributed by atoms with van der Waals surface area (Å²) in [4.78, 5) is 6.68. The average molecular weight is 258 g/mol. The summed E-state index contributed by atoms with van der Waals surface area (Å²) in [5.74, 6) is 1.47. The lowest BCUT2D eigenvalue weighted by atomic mass is 9.98. The fraction of sp³-hybridized carbons (Fsp3) is 0.429. The van der Waals surface area contributed by atoms with E-state index in [0.29, 0.717) is 5.89 Å². The largest absolute Gasteiger partial charge is 0.398 e. The maximum atomic E-state index is 6.00. The van der Waals surface area contributed by atoms with Crippen molar-refractivity contribution in [3.63, 3.8) is 0 Å². The van der Waals surface area contributed by atoms with Gasteiger partial charge < -0.3 is 10.3 Å². The molecule has 0 fully saturated rings. The second kappa shape index (κ2) is 5.01. The fourth-order valence-corrected chi connectivity index (χ4v) is 2.53. The summed E-state index contributed by atoms with van der Waals surface area (Å²) in [5.41, 5.74) is 9.51. The molecule has 100 valence electrons. The number of hydrogen-bond donors (Lipinski definition) is 1. The van der Waals surface area contributed by atoms with E-state index >= 15 is 0 Å². The van der Waals surface area contributed by atoms with Crippen molar-refractivity contribution in [2.24, 2.45) is 0 Å². The lowest BCUT2D eigenvalue weighted by Gasteiger charge is -2.28. The summed E-state index contributed by atoms with van der Waals surface area (Å²) in [6, 6.07) is 6.13. The molecule has 0 bridgehead atoms. The molecule has 0 unspecified atom stereocenters. The molecule has 1 aromatic heterocycles. The first kappa shape index (κ1) is 12.2. The molecule has 0 saturated heterocycles. The zero-order valence-corrected chi connectivity index (χ0v) is 11.1. The maximum absolute atomic E-state index is 6.00. The Morgan fingerprint density at radius 1 is 1.42 bits per heavy atom. The molecule has 0 aliphatic carbocycles. The average Bonchev–Trinajstić information content (AvgIpc) is 2.86. The molecule has 0 saturated carbocycles.